The lowest BCUT2D eigenvalue weighted by Gasteiger charge is -2.10. The van der Waals surface area contributed by atoms with Crippen LogP contribution in [0.1, 0.15) is 33.4 Å². The second-order valence-electron chi connectivity index (χ2n) is 4.31. The molecule has 0 aromatic carbocycles. The monoisotopic (exact) mass is 336 g/mol. The maximum atomic E-state index is 12.5. The fourth-order valence-electron chi connectivity index (χ4n) is 1.95. The number of furan rings is 1. The third kappa shape index (κ3) is 2.51. The molecule has 0 amide bonds. The van der Waals surface area contributed by atoms with Crippen molar-refractivity contribution in [2.45, 2.75) is 6.92 Å². The minimum atomic E-state index is -0.960. The number of halogens is 2. The van der Waals surface area contributed by atoms with Gasteiger partial charge < -0.3 is 4.42 Å². The molecule has 1 aromatic heterocycles. The summed E-state index contributed by atoms with van der Waals surface area (Å²) in [6, 6.07) is 0. The Hall–Kier alpha value is -2.17. The number of carbonyl (C=O) groups excluding carboxylic acids is 3. The fourth-order valence-corrected chi connectivity index (χ4v) is 2.35. The van der Waals surface area contributed by atoms with E-state index in [-0.39, 0.29) is 21.9 Å². The van der Waals surface area contributed by atoms with Gasteiger partial charge in [0.05, 0.1) is 11.1 Å². The van der Waals surface area contributed by atoms with Crippen molar-refractivity contribution in [3.63, 3.8) is 0 Å². The van der Waals surface area contributed by atoms with E-state index >= 15 is 0 Å². The highest BCUT2D eigenvalue weighted by molar-refractivity contribution is 6.71. The van der Waals surface area contributed by atoms with Crippen molar-refractivity contribution in [2.24, 2.45) is 0 Å². The molecular weight excluding hydrogens is 327 g/mol. The second kappa shape index (κ2) is 6.30. The summed E-state index contributed by atoms with van der Waals surface area (Å²) in [5, 5.41) is -0.589. The lowest BCUT2D eigenvalue weighted by Crippen LogP contribution is -2.22. The zero-order chi connectivity index (χ0) is 16.4. The molecule has 0 fully saturated rings. The third-order valence-corrected chi connectivity index (χ3v) is 3.86. The lowest BCUT2D eigenvalue weighted by molar-refractivity contribution is -0.111. The number of hydrogen-bond donors (Lipinski definition) is 0. The number of carbonyl (C=O) groups is 3. The molecule has 0 bridgehead atoms. The molecule has 22 heavy (non-hydrogen) atoms. The van der Waals surface area contributed by atoms with Crippen LogP contribution in [-0.4, -0.2) is 17.3 Å². The molecule has 0 saturated heterocycles. The van der Waals surface area contributed by atoms with Crippen LogP contribution < -0.4 is 0 Å². The smallest absolute Gasteiger partial charge is 0.246 e. The molecule has 6 heteroatoms. The van der Waals surface area contributed by atoms with Crippen molar-refractivity contribution in [1.29, 1.82) is 0 Å². The molecule has 1 heterocycles. The number of Topliss-reactive ketones (excluding diaryl/α,β-unsaturated/α-hetero) is 3. The topological polar surface area (TPSA) is 64.3 Å². The van der Waals surface area contributed by atoms with Crippen LogP contribution in [-0.2, 0) is 4.79 Å². The Morgan fingerprint density at radius 1 is 1.23 bits per heavy atom. The fraction of sp³-hybridized carbons (Fsp3) is 0.0625. The van der Waals surface area contributed by atoms with Crippen LogP contribution in [0.25, 0.3) is 5.03 Å². The summed E-state index contributed by atoms with van der Waals surface area (Å²) in [5.41, 5.74) is 0.133. The van der Waals surface area contributed by atoms with Gasteiger partial charge in [-0.2, -0.15) is 0 Å². The van der Waals surface area contributed by atoms with Crippen LogP contribution in [0, 0.1) is 0 Å². The van der Waals surface area contributed by atoms with Gasteiger partial charge in [0.25, 0.3) is 0 Å². The van der Waals surface area contributed by atoms with Gasteiger partial charge in [0.1, 0.15) is 16.3 Å². The third-order valence-electron chi connectivity index (χ3n) is 3.05. The van der Waals surface area contributed by atoms with Crippen LogP contribution in [0.4, 0.5) is 0 Å². The molecule has 2 rings (SSSR count). The van der Waals surface area contributed by atoms with Gasteiger partial charge in [-0.3, -0.25) is 14.4 Å². The number of allylic oxidation sites excluding steroid dienone is 6. The molecule has 0 atom stereocenters. The van der Waals surface area contributed by atoms with E-state index in [4.69, 9.17) is 27.6 Å². The molecule has 1 aliphatic rings. The van der Waals surface area contributed by atoms with Crippen molar-refractivity contribution in [1.82, 2.24) is 0 Å². The van der Waals surface area contributed by atoms with Crippen LogP contribution in [0.15, 0.2) is 52.2 Å². The molecule has 1 aliphatic carbocycles. The first-order chi connectivity index (χ1) is 10.4. The molecule has 0 aliphatic heterocycles. The van der Waals surface area contributed by atoms with E-state index in [0.717, 1.165) is 6.26 Å². The molecule has 0 saturated carbocycles. The molecule has 0 radical (unpaired) electrons. The standard InChI is InChI=1S/C16H10Cl2O4/c1-3-5-6-8(4-2)13(19)9-7-22-16-10(9)14(20)15(21)11(17)12(16)18/h3-7H,1H2,2H3/b6-5-,8-4+. The minimum Gasteiger partial charge on any atom is -0.462 e. The highest BCUT2D eigenvalue weighted by Crippen LogP contribution is 2.37. The Labute approximate surface area is 136 Å². The molecule has 0 spiro atoms. The lowest BCUT2D eigenvalue weighted by atomic mass is 9.93. The molecule has 112 valence electrons. The normalized spacial score (nSPS) is 15.5. The van der Waals surface area contributed by atoms with Crippen LogP contribution in [0.3, 0.4) is 0 Å². The maximum absolute atomic E-state index is 12.5. The first-order valence-corrected chi connectivity index (χ1v) is 6.95. The first kappa shape index (κ1) is 16.2. The Balaban J connectivity index is 2.59. The van der Waals surface area contributed by atoms with Gasteiger partial charge in [0.15, 0.2) is 11.5 Å². The summed E-state index contributed by atoms with van der Waals surface area (Å²) in [4.78, 5) is 36.3. The average molecular weight is 337 g/mol. The van der Waals surface area contributed by atoms with Gasteiger partial charge in [-0.15, -0.1) is 0 Å². The first-order valence-electron chi connectivity index (χ1n) is 6.20. The van der Waals surface area contributed by atoms with Crippen molar-refractivity contribution in [2.75, 3.05) is 0 Å². The van der Waals surface area contributed by atoms with Gasteiger partial charge in [-0.1, -0.05) is 54.1 Å². The van der Waals surface area contributed by atoms with E-state index in [1.165, 1.54) is 12.2 Å². The van der Waals surface area contributed by atoms with Crippen molar-refractivity contribution < 1.29 is 18.8 Å². The predicted molar refractivity (Wildman–Crippen MR) is 84.1 cm³/mol. The number of ketones is 3. The molecular formula is C16H10Cl2O4. The highest BCUT2D eigenvalue weighted by atomic mass is 35.5. The summed E-state index contributed by atoms with van der Waals surface area (Å²) in [6.07, 6.45) is 7.29. The Kier molecular flexibility index (Phi) is 4.64. The number of fused-ring (bicyclic) bond motifs is 1. The van der Waals surface area contributed by atoms with Gasteiger partial charge in [0.2, 0.25) is 11.6 Å². The van der Waals surface area contributed by atoms with Gasteiger partial charge in [-0.25, -0.2) is 0 Å². The SMILES string of the molecule is C=C/C=C\C(=C/C)C(=O)c1coc2c1C(=O)C(=O)C(Cl)=C2Cl. The maximum Gasteiger partial charge on any atom is 0.246 e. The van der Waals surface area contributed by atoms with E-state index in [9.17, 15) is 14.4 Å². The van der Waals surface area contributed by atoms with Gasteiger partial charge in [-0.05, 0) is 6.92 Å². The average Bonchev–Trinajstić information content (AvgIpc) is 2.96. The van der Waals surface area contributed by atoms with Gasteiger partial charge in [0, 0.05) is 5.57 Å². The molecule has 1 aromatic rings. The van der Waals surface area contributed by atoms with E-state index in [1.807, 2.05) is 0 Å². The summed E-state index contributed by atoms with van der Waals surface area (Å²) in [5.74, 6) is -2.40. The summed E-state index contributed by atoms with van der Waals surface area (Å²) < 4.78 is 5.17. The predicted octanol–water partition coefficient (Wildman–Crippen LogP) is 4.06. The van der Waals surface area contributed by atoms with Gasteiger partial charge >= 0.3 is 0 Å². The summed E-state index contributed by atoms with van der Waals surface area (Å²) >= 11 is 11.6. The van der Waals surface area contributed by atoms with E-state index < -0.39 is 22.4 Å². The zero-order valence-corrected chi connectivity index (χ0v) is 13.0. The molecule has 0 N–H and O–H groups in total. The van der Waals surface area contributed by atoms with Crippen molar-refractivity contribution in [3.05, 3.63) is 64.6 Å². The Morgan fingerprint density at radius 3 is 2.50 bits per heavy atom. The van der Waals surface area contributed by atoms with E-state index in [2.05, 4.69) is 6.58 Å². The second-order valence-corrected chi connectivity index (χ2v) is 5.06. The van der Waals surface area contributed by atoms with Crippen LogP contribution in [0.5, 0.6) is 0 Å². The van der Waals surface area contributed by atoms with Crippen molar-refractivity contribution >= 4 is 45.6 Å². The van der Waals surface area contributed by atoms with Crippen molar-refractivity contribution in [3.8, 4) is 0 Å². The highest BCUT2D eigenvalue weighted by Gasteiger charge is 2.38. The molecule has 4 nitrogen and oxygen atoms in total. The largest absolute Gasteiger partial charge is 0.462 e. The number of hydrogen-bond acceptors (Lipinski definition) is 4. The Bertz CT molecular complexity index is 791. The summed E-state index contributed by atoms with van der Waals surface area (Å²) in [7, 11) is 0. The van der Waals surface area contributed by atoms with E-state index in [1.54, 1.807) is 19.1 Å². The Morgan fingerprint density at radius 2 is 1.91 bits per heavy atom. The van der Waals surface area contributed by atoms with E-state index in [0.29, 0.717) is 5.57 Å². The van der Waals surface area contributed by atoms with Crippen LogP contribution >= 0.6 is 23.2 Å². The quantitative estimate of drug-likeness (QED) is 0.360. The van der Waals surface area contributed by atoms with Crippen LogP contribution in [0.2, 0.25) is 0 Å². The minimum absolute atomic E-state index is 0.0301. The molecule has 0 unspecified atom stereocenters. The number of rotatable bonds is 4. The zero-order valence-electron chi connectivity index (χ0n) is 11.5. The summed E-state index contributed by atoms with van der Waals surface area (Å²) in [6.45, 7) is 5.19.